The van der Waals surface area contributed by atoms with Crippen LogP contribution in [0.15, 0.2) is 59.8 Å². The molecule has 0 spiro atoms. The lowest BCUT2D eigenvalue weighted by molar-refractivity contribution is -0.116. The van der Waals surface area contributed by atoms with Crippen molar-refractivity contribution in [2.75, 3.05) is 17.2 Å². The zero-order valence-electron chi connectivity index (χ0n) is 15.6. The number of thioether (sulfide) groups is 1. The highest BCUT2D eigenvalue weighted by Gasteiger charge is 2.23. The van der Waals surface area contributed by atoms with Gasteiger partial charge >= 0.3 is 0 Å². The van der Waals surface area contributed by atoms with Gasteiger partial charge in [-0.25, -0.2) is 0 Å². The maximum Gasteiger partial charge on any atom is 0.237 e. The Morgan fingerprint density at radius 1 is 1.11 bits per heavy atom. The van der Waals surface area contributed by atoms with Crippen LogP contribution in [0.2, 0.25) is 0 Å². The minimum absolute atomic E-state index is 0.116. The van der Waals surface area contributed by atoms with E-state index >= 15 is 0 Å². The van der Waals surface area contributed by atoms with E-state index in [1.165, 1.54) is 28.3 Å². The van der Waals surface area contributed by atoms with E-state index in [4.69, 9.17) is 0 Å². The predicted octanol–water partition coefficient (Wildman–Crippen LogP) is 4.26. The van der Waals surface area contributed by atoms with Crippen LogP contribution in [0.25, 0.3) is 16.6 Å². The number of carbonyl (C=O) groups is 1. The summed E-state index contributed by atoms with van der Waals surface area (Å²) < 4.78 is 2.05. The van der Waals surface area contributed by atoms with E-state index in [0.717, 1.165) is 41.4 Å². The van der Waals surface area contributed by atoms with Crippen molar-refractivity contribution in [1.29, 1.82) is 0 Å². The summed E-state index contributed by atoms with van der Waals surface area (Å²) in [5.41, 5.74) is 5.36. The van der Waals surface area contributed by atoms with Gasteiger partial charge in [-0.05, 0) is 49.1 Å². The van der Waals surface area contributed by atoms with E-state index in [2.05, 4.69) is 35.3 Å². The van der Waals surface area contributed by atoms with Crippen molar-refractivity contribution < 1.29 is 4.79 Å². The maximum absolute atomic E-state index is 13.0. The highest BCUT2D eigenvalue weighted by molar-refractivity contribution is 7.99. The molecule has 6 heteroatoms. The number of amides is 1. The Hall–Kier alpha value is -2.86. The van der Waals surface area contributed by atoms with Gasteiger partial charge in [0.1, 0.15) is 0 Å². The number of fused-ring (bicyclic) bond motifs is 4. The zero-order chi connectivity index (χ0) is 19.1. The van der Waals surface area contributed by atoms with Gasteiger partial charge in [-0.15, -0.1) is 10.2 Å². The van der Waals surface area contributed by atoms with Gasteiger partial charge in [-0.1, -0.05) is 48.2 Å². The lowest BCUT2D eigenvalue weighted by Crippen LogP contribution is -2.36. The summed E-state index contributed by atoms with van der Waals surface area (Å²) >= 11 is 1.45. The first kappa shape index (κ1) is 17.3. The number of benzene rings is 2. The van der Waals surface area contributed by atoms with Crippen LogP contribution in [0.1, 0.15) is 17.5 Å². The molecule has 5 nitrogen and oxygen atoms in total. The molecule has 0 N–H and O–H groups in total. The van der Waals surface area contributed by atoms with Gasteiger partial charge in [0.15, 0.2) is 10.8 Å². The molecule has 2 aromatic heterocycles. The Kier molecular flexibility index (Phi) is 4.28. The highest BCUT2D eigenvalue weighted by Crippen LogP contribution is 2.29. The minimum atomic E-state index is 0.116. The third-order valence-electron chi connectivity index (χ3n) is 5.31. The first-order chi connectivity index (χ1) is 13.7. The van der Waals surface area contributed by atoms with E-state index < -0.39 is 0 Å². The van der Waals surface area contributed by atoms with Crippen LogP contribution in [0, 0.1) is 6.92 Å². The summed E-state index contributed by atoms with van der Waals surface area (Å²) in [6.07, 6.45) is 2.04. The molecule has 4 aromatic rings. The molecule has 2 aromatic carbocycles. The molecule has 0 fully saturated rings. The molecule has 0 bridgehead atoms. The smallest absolute Gasteiger partial charge is 0.237 e. The molecule has 0 saturated carbocycles. The first-order valence-electron chi connectivity index (χ1n) is 9.47. The summed E-state index contributed by atoms with van der Waals surface area (Å²) in [7, 11) is 0. The Balaban J connectivity index is 1.44. The summed E-state index contributed by atoms with van der Waals surface area (Å²) in [6.45, 7) is 2.86. The fraction of sp³-hybridized carbons (Fsp3) is 0.227. The third kappa shape index (κ3) is 2.85. The van der Waals surface area contributed by atoms with Crippen molar-refractivity contribution in [3.05, 3.63) is 65.7 Å². The van der Waals surface area contributed by atoms with Crippen LogP contribution in [0.5, 0.6) is 0 Å². The van der Waals surface area contributed by atoms with Gasteiger partial charge in [-0.2, -0.15) is 0 Å². The quantitative estimate of drug-likeness (QED) is 0.492. The molecule has 28 heavy (non-hydrogen) atoms. The topological polar surface area (TPSA) is 50.5 Å². The lowest BCUT2D eigenvalue weighted by Gasteiger charge is -2.29. The van der Waals surface area contributed by atoms with Crippen molar-refractivity contribution >= 4 is 39.9 Å². The van der Waals surface area contributed by atoms with Gasteiger partial charge < -0.3 is 4.90 Å². The first-order valence-corrected chi connectivity index (χ1v) is 10.5. The summed E-state index contributed by atoms with van der Waals surface area (Å²) in [6, 6.07) is 18.5. The zero-order valence-corrected chi connectivity index (χ0v) is 16.4. The fourth-order valence-corrected chi connectivity index (χ4v) is 4.79. The van der Waals surface area contributed by atoms with Crippen molar-refractivity contribution in [3.8, 4) is 0 Å². The molecule has 0 radical (unpaired) electrons. The average Bonchev–Trinajstić information content (AvgIpc) is 3.14. The monoisotopic (exact) mass is 388 g/mol. The molecule has 1 aliphatic rings. The molecule has 5 rings (SSSR count). The van der Waals surface area contributed by atoms with E-state index in [0.29, 0.717) is 5.75 Å². The van der Waals surface area contributed by atoms with E-state index in [-0.39, 0.29) is 5.91 Å². The van der Waals surface area contributed by atoms with Crippen LogP contribution in [0.4, 0.5) is 5.69 Å². The second-order valence-electron chi connectivity index (χ2n) is 7.09. The Bertz CT molecular complexity index is 1200. The Morgan fingerprint density at radius 3 is 2.86 bits per heavy atom. The molecule has 140 valence electrons. The molecule has 0 atom stereocenters. The Labute approximate surface area is 167 Å². The van der Waals surface area contributed by atoms with Crippen molar-refractivity contribution in [1.82, 2.24) is 14.6 Å². The molecule has 0 aliphatic carbocycles. The van der Waals surface area contributed by atoms with Crippen LogP contribution in [0.3, 0.4) is 0 Å². The number of anilines is 1. The molecule has 3 heterocycles. The Morgan fingerprint density at radius 2 is 1.93 bits per heavy atom. The number of para-hydroxylation sites is 2. The van der Waals surface area contributed by atoms with Gasteiger partial charge in [-0.3, -0.25) is 9.20 Å². The highest BCUT2D eigenvalue weighted by atomic mass is 32.2. The van der Waals surface area contributed by atoms with E-state index in [1.807, 2.05) is 45.7 Å². The SMILES string of the molecule is Cc1cc2nnc(SCC(=O)N3CCCc4ccccc43)n2c2ccccc12. The second-order valence-corrected chi connectivity index (χ2v) is 8.03. The minimum Gasteiger partial charge on any atom is -0.311 e. The number of nitrogens with zero attached hydrogens (tertiary/aromatic N) is 4. The molecule has 0 unspecified atom stereocenters. The molecular weight excluding hydrogens is 368 g/mol. The third-order valence-corrected chi connectivity index (χ3v) is 6.22. The number of hydrogen-bond acceptors (Lipinski definition) is 4. The van der Waals surface area contributed by atoms with Crippen LogP contribution in [-0.2, 0) is 11.2 Å². The number of carbonyl (C=O) groups excluding carboxylic acids is 1. The average molecular weight is 388 g/mol. The van der Waals surface area contributed by atoms with Crippen LogP contribution >= 0.6 is 11.8 Å². The molecule has 0 saturated heterocycles. The lowest BCUT2D eigenvalue weighted by atomic mass is 10.0. The maximum atomic E-state index is 13.0. The predicted molar refractivity (Wildman–Crippen MR) is 113 cm³/mol. The summed E-state index contributed by atoms with van der Waals surface area (Å²) in [4.78, 5) is 14.9. The summed E-state index contributed by atoms with van der Waals surface area (Å²) in [5, 5.41) is 10.6. The van der Waals surface area contributed by atoms with Gasteiger partial charge in [0.05, 0.1) is 11.3 Å². The van der Waals surface area contributed by atoms with Gasteiger partial charge in [0.25, 0.3) is 0 Å². The van der Waals surface area contributed by atoms with Gasteiger partial charge in [0.2, 0.25) is 5.91 Å². The van der Waals surface area contributed by atoms with E-state index in [9.17, 15) is 4.79 Å². The number of pyridine rings is 1. The standard InChI is InChI=1S/C22H20N4OS/c1-15-13-20-23-24-22(26(20)19-11-5-3-9-17(15)19)28-14-21(27)25-12-6-8-16-7-2-4-10-18(16)25/h2-5,7,9-11,13H,6,8,12,14H2,1H3. The normalized spacial score (nSPS) is 13.8. The molecule has 1 aliphatic heterocycles. The molecular formula is C22H20N4OS. The largest absolute Gasteiger partial charge is 0.311 e. The second kappa shape index (κ2) is 6.95. The number of aryl methyl sites for hydroxylation is 2. The molecule has 1 amide bonds. The van der Waals surface area contributed by atoms with E-state index in [1.54, 1.807) is 0 Å². The van der Waals surface area contributed by atoms with Crippen LogP contribution < -0.4 is 4.90 Å². The number of aromatic nitrogens is 3. The summed E-state index contributed by atoms with van der Waals surface area (Å²) in [5.74, 6) is 0.461. The number of hydrogen-bond donors (Lipinski definition) is 0. The van der Waals surface area contributed by atoms with Crippen molar-refractivity contribution in [2.45, 2.75) is 24.9 Å². The van der Waals surface area contributed by atoms with Crippen molar-refractivity contribution in [2.24, 2.45) is 0 Å². The van der Waals surface area contributed by atoms with Crippen LogP contribution in [-0.4, -0.2) is 32.8 Å². The number of rotatable bonds is 3. The fourth-order valence-electron chi connectivity index (χ4n) is 3.97. The van der Waals surface area contributed by atoms with Crippen molar-refractivity contribution in [3.63, 3.8) is 0 Å². The van der Waals surface area contributed by atoms with Gasteiger partial charge in [0, 0.05) is 17.6 Å².